The predicted octanol–water partition coefficient (Wildman–Crippen LogP) is 3.03. The maximum Gasteiger partial charge on any atom is 0.303 e. The topological polar surface area (TPSA) is 66.4 Å². The first-order chi connectivity index (χ1) is 9.11. The summed E-state index contributed by atoms with van der Waals surface area (Å²) in [6, 6.07) is 0. The van der Waals surface area contributed by atoms with Crippen molar-refractivity contribution in [3.8, 4) is 0 Å². The van der Waals surface area contributed by atoms with Gasteiger partial charge in [0, 0.05) is 18.5 Å². The second-order valence-corrected chi connectivity index (χ2v) is 5.28. The minimum absolute atomic E-state index is 0.112. The van der Waals surface area contributed by atoms with E-state index in [2.05, 4.69) is 5.32 Å². The Morgan fingerprint density at radius 1 is 1.11 bits per heavy atom. The molecule has 4 heteroatoms. The summed E-state index contributed by atoms with van der Waals surface area (Å²) in [5.74, 6) is -0.603. The van der Waals surface area contributed by atoms with Crippen LogP contribution in [-0.4, -0.2) is 23.5 Å². The van der Waals surface area contributed by atoms with Crippen LogP contribution in [0.5, 0.6) is 0 Å². The average molecular weight is 267 g/mol. The monoisotopic (exact) mass is 267 g/mol. The van der Waals surface area contributed by atoms with E-state index in [9.17, 15) is 9.59 Å². The molecule has 0 atom stereocenters. The van der Waals surface area contributed by atoms with Crippen molar-refractivity contribution in [1.82, 2.24) is 5.32 Å². The Labute approximate surface area is 115 Å². The number of carbonyl (C=O) groups is 2. The standard InChI is InChI=1S/C15H25NO3/c1-12-8-7-9-13(12)15(19)16-11-6-4-2-3-5-10-14(17)18/h2-11H2,1H3,(H,16,19)(H,17,18). The molecular formula is C15H25NO3. The summed E-state index contributed by atoms with van der Waals surface area (Å²) >= 11 is 0. The summed E-state index contributed by atoms with van der Waals surface area (Å²) < 4.78 is 0. The van der Waals surface area contributed by atoms with Crippen LogP contribution in [-0.2, 0) is 9.59 Å². The highest BCUT2D eigenvalue weighted by Crippen LogP contribution is 2.25. The van der Waals surface area contributed by atoms with Gasteiger partial charge >= 0.3 is 5.97 Å². The molecule has 4 nitrogen and oxygen atoms in total. The Bertz CT molecular complexity index is 347. The molecule has 19 heavy (non-hydrogen) atoms. The lowest BCUT2D eigenvalue weighted by molar-refractivity contribution is -0.137. The molecular weight excluding hydrogens is 242 g/mol. The molecule has 0 aromatic carbocycles. The number of carboxylic acids is 1. The summed E-state index contributed by atoms with van der Waals surface area (Å²) in [5.41, 5.74) is 2.23. The van der Waals surface area contributed by atoms with Crippen molar-refractivity contribution < 1.29 is 14.7 Å². The van der Waals surface area contributed by atoms with Gasteiger partial charge in [-0.15, -0.1) is 0 Å². The smallest absolute Gasteiger partial charge is 0.303 e. The quantitative estimate of drug-likeness (QED) is 0.631. The van der Waals surface area contributed by atoms with E-state index in [0.717, 1.165) is 63.5 Å². The second-order valence-electron chi connectivity index (χ2n) is 5.28. The highest BCUT2D eigenvalue weighted by Gasteiger charge is 2.16. The van der Waals surface area contributed by atoms with Gasteiger partial charge in [-0.1, -0.05) is 24.8 Å². The fourth-order valence-electron chi connectivity index (χ4n) is 2.44. The van der Waals surface area contributed by atoms with Crippen molar-refractivity contribution in [2.24, 2.45) is 0 Å². The first-order valence-corrected chi connectivity index (χ1v) is 7.30. The van der Waals surface area contributed by atoms with Crippen molar-refractivity contribution in [2.45, 2.75) is 64.7 Å². The molecule has 1 rings (SSSR count). The second kappa shape index (κ2) is 8.73. The van der Waals surface area contributed by atoms with Gasteiger partial charge in [-0.05, 0) is 39.0 Å². The van der Waals surface area contributed by atoms with Gasteiger partial charge in [0.25, 0.3) is 0 Å². The van der Waals surface area contributed by atoms with Crippen LogP contribution in [0.2, 0.25) is 0 Å². The van der Waals surface area contributed by atoms with E-state index in [0.29, 0.717) is 0 Å². The fourth-order valence-corrected chi connectivity index (χ4v) is 2.44. The highest BCUT2D eigenvalue weighted by atomic mass is 16.4. The van der Waals surface area contributed by atoms with E-state index >= 15 is 0 Å². The van der Waals surface area contributed by atoms with Gasteiger partial charge in [0.15, 0.2) is 0 Å². The van der Waals surface area contributed by atoms with E-state index in [4.69, 9.17) is 5.11 Å². The first-order valence-electron chi connectivity index (χ1n) is 7.30. The minimum atomic E-state index is -0.715. The third-order valence-electron chi connectivity index (χ3n) is 3.62. The van der Waals surface area contributed by atoms with Crippen LogP contribution in [0, 0.1) is 0 Å². The van der Waals surface area contributed by atoms with Gasteiger partial charge in [-0.2, -0.15) is 0 Å². The maximum atomic E-state index is 11.8. The number of rotatable bonds is 9. The van der Waals surface area contributed by atoms with Crippen LogP contribution >= 0.6 is 0 Å². The lowest BCUT2D eigenvalue weighted by Gasteiger charge is -2.06. The number of hydrogen-bond acceptors (Lipinski definition) is 2. The SMILES string of the molecule is CC1=C(C(=O)NCCCCCCCC(=O)O)CCC1. The van der Waals surface area contributed by atoms with Crippen LogP contribution in [0.25, 0.3) is 0 Å². The van der Waals surface area contributed by atoms with Crippen LogP contribution in [0.1, 0.15) is 64.7 Å². The van der Waals surface area contributed by atoms with Crippen molar-refractivity contribution in [3.05, 3.63) is 11.1 Å². The van der Waals surface area contributed by atoms with Crippen molar-refractivity contribution in [2.75, 3.05) is 6.54 Å². The zero-order valence-corrected chi connectivity index (χ0v) is 11.8. The number of nitrogens with one attached hydrogen (secondary N) is 1. The Balaban J connectivity index is 1.98. The van der Waals surface area contributed by atoms with Gasteiger partial charge < -0.3 is 10.4 Å². The first kappa shape index (κ1) is 15.7. The zero-order valence-electron chi connectivity index (χ0n) is 11.8. The molecule has 0 aliphatic heterocycles. The Hall–Kier alpha value is -1.32. The third kappa shape index (κ3) is 6.41. The summed E-state index contributed by atoms with van der Waals surface area (Å²) in [5, 5.41) is 11.5. The van der Waals surface area contributed by atoms with E-state index in [1.54, 1.807) is 0 Å². The third-order valence-corrected chi connectivity index (χ3v) is 3.62. The van der Waals surface area contributed by atoms with Crippen molar-refractivity contribution >= 4 is 11.9 Å². The number of unbranched alkanes of at least 4 members (excludes halogenated alkanes) is 4. The zero-order chi connectivity index (χ0) is 14.1. The van der Waals surface area contributed by atoms with Gasteiger partial charge in [0.05, 0.1) is 0 Å². The van der Waals surface area contributed by atoms with Crippen LogP contribution < -0.4 is 5.32 Å². The van der Waals surface area contributed by atoms with Crippen LogP contribution in [0.3, 0.4) is 0 Å². The average Bonchev–Trinajstić information content (AvgIpc) is 2.78. The van der Waals surface area contributed by atoms with Gasteiger partial charge in [-0.25, -0.2) is 0 Å². The normalized spacial score (nSPS) is 14.8. The molecule has 1 amide bonds. The molecule has 0 aromatic heterocycles. The Morgan fingerprint density at radius 2 is 1.79 bits per heavy atom. The minimum Gasteiger partial charge on any atom is -0.481 e. The van der Waals surface area contributed by atoms with Gasteiger partial charge in [0.2, 0.25) is 5.91 Å². The molecule has 0 fully saturated rings. The molecule has 0 heterocycles. The lowest BCUT2D eigenvalue weighted by Crippen LogP contribution is -2.25. The van der Waals surface area contributed by atoms with E-state index < -0.39 is 5.97 Å². The summed E-state index contributed by atoms with van der Waals surface area (Å²) in [6.07, 6.45) is 8.16. The largest absolute Gasteiger partial charge is 0.481 e. The Kier molecular flexibility index (Phi) is 7.23. The summed E-state index contributed by atoms with van der Waals surface area (Å²) in [4.78, 5) is 22.1. The van der Waals surface area contributed by atoms with Crippen LogP contribution in [0.15, 0.2) is 11.1 Å². The van der Waals surface area contributed by atoms with Crippen molar-refractivity contribution in [1.29, 1.82) is 0 Å². The molecule has 0 bridgehead atoms. The molecule has 0 spiro atoms. The maximum absolute atomic E-state index is 11.8. The number of hydrogen-bond donors (Lipinski definition) is 2. The summed E-state index contributed by atoms with van der Waals surface area (Å²) in [7, 11) is 0. The van der Waals surface area contributed by atoms with Crippen molar-refractivity contribution in [3.63, 3.8) is 0 Å². The molecule has 1 aliphatic carbocycles. The predicted molar refractivity (Wildman–Crippen MR) is 74.9 cm³/mol. The molecule has 0 aromatic rings. The van der Waals surface area contributed by atoms with Gasteiger partial charge in [-0.3, -0.25) is 9.59 Å². The molecule has 0 saturated heterocycles. The number of amides is 1. The molecule has 0 unspecified atom stereocenters. The van der Waals surface area contributed by atoms with Crippen LogP contribution in [0.4, 0.5) is 0 Å². The van der Waals surface area contributed by atoms with Gasteiger partial charge in [0.1, 0.15) is 0 Å². The Morgan fingerprint density at radius 3 is 2.42 bits per heavy atom. The summed E-state index contributed by atoms with van der Waals surface area (Å²) in [6.45, 7) is 2.78. The fraction of sp³-hybridized carbons (Fsp3) is 0.733. The molecule has 0 radical (unpaired) electrons. The number of aliphatic carboxylic acids is 1. The molecule has 1 aliphatic rings. The van der Waals surface area contributed by atoms with E-state index in [1.807, 2.05) is 6.92 Å². The molecule has 108 valence electrons. The van der Waals surface area contributed by atoms with E-state index in [1.165, 1.54) is 5.57 Å². The number of carbonyl (C=O) groups excluding carboxylic acids is 1. The number of carboxylic acid groups (broad SMARTS) is 1. The number of allylic oxidation sites excluding steroid dienone is 1. The molecule has 0 saturated carbocycles. The lowest BCUT2D eigenvalue weighted by atomic mass is 10.1. The highest BCUT2D eigenvalue weighted by molar-refractivity contribution is 5.94. The van der Waals surface area contributed by atoms with E-state index in [-0.39, 0.29) is 12.3 Å². The molecule has 2 N–H and O–H groups in total.